The third-order valence-corrected chi connectivity index (χ3v) is 5.32. The summed E-state index contributed by atoms with van der Waals surface area (Å²) in [6.45, 7) is 1.28. The molecule has 0 spiro atoms. The average Bonchev–Trinajstić information content (AvgIpc) is 2.65. The Bertz CT molecular complexity index is 805. The number of carbonyl (C=O) groups excluding carboxylic acids is 1. The number of nitrogens with one attached hydrogen (secondary N) is 1. The molecule has 2 rings (SSSR count). The molecule has 0 aliphatic rings. The summed E-state index contributed by atoms with van der Waals surface area (Å²) >= 11 is 0. The van der Waals surface area contributed by atoms with E-state index in [1.807, 2.05) is 30.3 Å². The first-order valence-electron chi connectivity index (χ1n) is 8.32. The molecule has 0 heterocycles. The monoisotopic (exact) mass is 376 g/mol. The van der Waals surface area contributed by atoms with Gasteiger partial charge in [-0.1, -0.05) is 30.3 Å². The van der Waals surface area contributed by atoms with Crippen LogP contribution in [0.4, 0.5) is 0 Å². The summed E-state index contributed by atoms with van der Waals surface area (Å²) in [6.07, 6.45) is 0.594. The van der Waals surface area contributed by atoms with Gasteiger partial charge in [0.05, 0.1) is 4.90 Å². The fourth-order valence-electron chi connectivity index (χ4n) is 2.43. The molecule has 0 bridgehead atoms. The van der Waals surface area contributed by atoms with Crippen molar-refractivity contribution in [2.45, 2.75) is 17.9 Å². The maximum Gasteiger partial charge on any atom is 0.253 e. The summed E-state index contributed by atoms with van der Waals surface area (Å²) < 4.78 is 31.8. The van der Waals surface area contributed by atoms with Crippen molar-refractivity contribution < 1.29 is 17.9 Å². The van der Waals surface area contributed by atoms with E-state index in [0.29, 0.717) is 31.7 Å². The number of hydrogen-bond acceptors (Lipinski definition) is 4. The van der Waals surface area contributed by atoms with Crippen molar-refractivity contribution in [1.82, 2.24) is 9.62 Å². The second-order valence-electron chi connectivity index (χ2n) is 5.92. The summed E-state index contributed by atoms with van der Waals surface area (Å²) in [7, 11) is -0.294. The highest BCUT2D eigenvalue weighted by Gasteiger charge is 2.16. The van der Waals surface area contributed by atoms with Gasteiger partial charge in [-0.05, 0) is 36.2 Å². The number of sulfonamides is 1. The van der Waals surface area contributed by atoms with Gasteiger partial charge in [0.1, 0.15) is 0 Å². The molecule has 0 unspecified atom stereocenters. The summed E-state index contributed by atoms with van der Waals surface area (Å²) in [5.41, 5.74) is 1.48. The van der Waals surface area contributed by atoms with E-state index in [4.69, 9.17) is 4.74 Å². The van der Waals surface area contributed by atoms with Crippen molar-refractivity contribution in [2.24, 2.45) is 0 Å². The third-order valence-electron chi connectivity index (χ3n) is 3.84. The lowest BCUT2D eigenvalue weighted by Crippen LogP contribution is -2.27. The number of methoxy groups -OCH3 is 1. The first-order chi connectivity index (χ1) is 12.4. The molecule has 1 N–H and O–H groups in total. The van der Waals surface area contributed by atoms with Crippen LogP contribution in [0, 0.1) is 0 Å². The van der Waals surface area contributed by atoms with Gasteiger partial charge in [-0.15, -0.1) is 0 Å². The van der Waals surface area contributed by atoms with E-state index in [9.17, 15) is 13.2 Å². The van der Waals surface area contributed by atoms with Crippen molar-refractivity contribution >= 4 is 15.9 Å². The van der Waals surface area contributed by atoms with E-state index in [1.54, 1.807) is 19.1 Å². The Morgan fingerprint density at radius 2 is 1.73 bits per heavy atom. The average molecular weight is 376 g/mol. The first kappa shape index (κ1) is 20.1. The molecule has 26 heavy (non-hydrogen) atoms. The molecule has 2 aromatic carbocycles. The van der Waals surface area contributed by atoms with Gasteiger partial charge in [-0.3, -0.25) is 4.79 Å². The lowest BCUT2D eigenvalue weighted by atomic mass is 10.1. The molecule has 0 fully saturated rings. The molecule has 2 aromatic rings. The van der Waals surface area contributed by atoms with Gasteiger partial charge in [-0.25, -0.2) is 13.1 Å². The molecule has 140 valence electrons. The molecule has 1 amide bonds. The molecule has 0 radical (unpaired) electrons. The minimum Gasteiger partial charge on any atom is -0.385 e. The number of hydrogen-bond donors (Lipinski definition) is 1. The van der Waals surface area contributed by atoms with E-state index in [2.05, 4.69) is 4.72 Å². The second-order valence-corrected chi connectivity index (χ2v) is 7.68. The van der Waals surface area contributed by atoms with E-state index in [0.717, 1.165) is 5.56 Å². The molecule has 7 heteroatoms. The zero-order chi connectivity index (χ0) is 19.0. The number of rotatable bonds is 9. The van der Waals surface area contributed by atoms with Crippen LogP contribution in [-0.2, 0) is 21.3 Å². The van der Waals surface area contributed by atoms with Crippen molar-refractivity contribution in [3.63, 3.8) is 0 Å². The molecule has 0 aliphatic carbocycles. The summed E-state index contributed by atoms with van der Waals surface area (Å²) in [5.74, 6) is -0.161. The SMILES string of the molecule is COCCCNS(=O)(=O)c1ccc(C(=O)N(C)Cc2ccccc2)cc1. The van der Waals surface area contributed by atoms with Gasteiger partial charge in [0.15, 0.2) is 0 Å². The van der Waals surface area contributed by atoms with Crippen molar-refractivity contribution in [1.29, 1.82) is 0 Å². The summed E-state index contributed by atoms with van der Waals surface area (Å²) in [6, 6.07) is 15.6. The highest BCUT2D eigenvalue weighted by Crippen LogP contribution is 2.13. The van der Waals surface area contributed by atoms with Crippen LogP contribution in [-0.4, -0.2) is 46.5 Å². The standard InChI is InChI=1S/C19H24N2O4S/c1-21(15-16-7-4-3-5-8-16)19(22)17-9-11-18(12-10-17)26(23,24)20-13-6-14-25-2/h3-5,7-12,20H,6,13-15H2,1-2H3. The minimum absolute atomic E-state index is 0.136. The predicted molar refractivity (Wildman–Crippen MR) is 100 cm³/mol. The number of benzene rings is 2. The number of nitrogens with zero attached hydrogens (tertiary/aromatic N) is 1. The van der Waals surface area contributed by atoms with Crippen LogP contribution in [0.1, 0.15) is 22.3 Å². The maximum atomic E-state index is 12.5. The molecular formula is C19H24N2O4S. The normalized spacial score (nSPS) is 11.3. The molecule has 0 aliphatic heterocycles. The van der Waals surface area contributed by atoms with E-state index < -0.39 is 10.0 Å². The van der Waals surface area contributed by atoms with E-state index >= 15 is 0 Å². The van der Waals surface area contributed by atoms with Crippen LogP contribution in [0.2, 0.25) is 0 Å². The van der Waals surface area contributed by atoms with Gasteiger partial charge in [0, 0.05) is 39.4 Å². The van der Waals surface area contributed by atoms with Gasteiger partial charge in [0.2, 0.25) is 10.0 Å². The molecule has 0 saturated heterocycles. The predicted octanol–water partition coefficient (Wildman–Crippen LogP) is 2.27. The van der Waals surface area contributed by atoms with Crippen molar-refractivity contribution in [3.8, 4) is 0 Å². The van der Waals surface area contributed by atoms with E-state index in [1.165, 1.54) is 24.3 Å². The van der Waals surface area contributed by atoms with Crippen molar-refractivity contribution in [3.05, 3.63) is 65.7 Å². The Kier molecular flexibility index (Phi) is 7.32. The van der Waals surface area contributed by atoms with Crippen LogP contribution in [0.3, 0.4) is 0 Å². The van der Waals surface area contributed by atoms with Gasteiger partial charge in [-0.2, -0.15) is 0 Å². The molecule has 0 aromatic heterocycles. The number of ether oxygens (including phenoxy) is 1. The number of carbonyl (C=O) groups is 1. The van der Waals surface area contributed by atoms with Crippen molar-refractivity contribution in [2.75, 3.05) is 27.3 Å². The lowest BCUT2D eigenvalue weighted by molar-refractivity contribution is 0.0785. The minimum atomic E-state index is -3.58. The molecule has 0 saturated carbocycles. The van der Waals surface area contributed by atoms with Crippen LogP contribution in [0.15, 0.2) is 59.5 Å². The van der Waals surface area contributed by atoms with Gasteiger partial charge in [0.25, 0.3) is 5.91 Å². The summed E-state index contributed by atoms with van der Waals surface area (Å²) in [4.78, 5) is 14.2. The fraction of sp³-hybridized carbons (Fsp3) is 0.316. The second kappa shape index (κ2) is 9.47. The highest BCUT2D eigenvalue weighted by molar-refractivity contribution is 7.89. The molecular weight excluding hydrogens is 352 g/mol. The molecule has 6 nitrogen and oxygen atoms in total. The fourth-order valence-corrected chi connectivity index (χ4v) is 3.51. The van der Waals surface area contributed by atoms with Crippen LogP contribution in [0.5, 0.6) is 0 Å². The quantitative estimate of drug-likeness (QED) is 0.681. The third kappa shape index (κ3) is 5.66. The summed E-state index contributed by atoms with van der Waals surface area (Å²) in [5, 5.41) is 0. The van der Waals surface area contributed by atoms with Crippen LogP contribution < -0.4 is 4.72 Å². The van der Waals surface area contributed by atoms with Crippen LogP contribution in [0.25, 0.3) is 0 Å². The van der Waals surface area contributed by atoms with Gasteiger partial charge >= 0.3 is 0 Å². The topological polar surface area (TPSA) is 75.7 Å². The lowest BCUT2D eigenvalue weighted by Gasteiger charge is -2.17. The Morgan fingerprint density at radius 1 is 1.08 bits per heavy atom. The maximum absolute atomic E-state index is 12.5. The van der Waals surface area contributed by atoms with Gasteiger partial charge < -0.3 is 9.64 Å². The first-order valence-corrected chi connectivity index (χ1v) is 9.80. The Balaban J connectivity index is 2.00. The Morgan fingerprint density at radius 3 is 2.35 bits per heavy atom. The Labute approximate surface area is 154 Å². The van der Waals surface area contributed by atoms with Crippen LogP contribution >= 0.6 is 0 Å². The highest BCUT2D eigenvalue weighted by atomic mass is 32.2. The Hall–Kier alpha value is -2.22. The smallest absolute Gasteiger partial charge is 0.253 e. The largest absolute Gasteiger partial charge is 0.385 e. The number of amides is 1. The zero-order valence-corrected chi connectivity index (χ0v) is 15.8. The molecule has 0 atom stereocenters. The van der Waals surface area contributed by atoms with E-state index in [-0.39, 0.29) is 10.8 Å². The zero-order valence-electron chi connectivity index (χ0n) is 15.0.